The lowest BCUT2D eigenvalue weighted by Crippen LogP contribution is -2.02. The number of nitriles is 1. The predicted octanol–water partition coefficient (Wildman–Crippen LogP) is 2.82. The van der Waals surface area contributed by atoms with Crippen LogP contribution in [0.3, 0.4) is 0 Å². The molecule has 1 aromatic carbocycles. The Hall–Kier alpha value is -2.28. The van der Waals surface area contributed by atoms with E-state index < -0.39 is 0 Å². The lowest BCUT2D eigenvalue weighted by Gasteiger charge is -2.12. The summed E-state index contributed by atoms with van der Waals surface area (Å²) in [6, 6.07) is 6.51. The molecule has 0 unspecified atom stereocenters. The van der Waals surface area contributed by atoms with Crippen LogP contribution in [-0.2, 0) is 0 Å². The van der Waals surface area contributed by atoms with E-state index in [9.17, 15) is 0 Å². The Kier molecular flexibility index (Phi) is 2.56. The van der Waals surface area contributed by atoms with Crippen molar-refractivity contribution in [1.82, 2.24) is 9.78 Å². The highest BCUT2D eigenvalue weighted by molar-refractivity contribution is 5.54. The van der Waals surface area contributed by atoms with E-state index in [2.05, 4.69) is 37.1 Å². The van der Waals surface area contributed by atoms with Crippen molar-refractivity contribution in [3.63, 3.8) is 0 Å². The lowest BCUT2D eigenvalue weighted by atomic mass is 10.0. The summed E-state index contributed by atoms with van der Waals surface area (Å²) in [5, 5.41) is 13.2. The average Bonchev–Trinajstić information content (AvgIpc) is 3.13. The third-order valence-electron chi connectivity index (χ3n) is 3.65. The fourth-order valence-corrected chi connectivity index (χ4v) is 2.59. The number of benzene rings is 1. The molecule has 2 N–H and O–H groups in total. The molecule has 96 valence electrons. The number of aryl methyl sites for hydroxylation is 2. The summed E-state index contributed by atoms with van der Waals surface area (Å²) in [4.78, 5) is 0. The van der Waals surface area contributed by atoms with Crippen LogP contribution in [0.4, 0.5) is 5.82 Å². The zero-order chi connectivity index (χ0) is 13.6. The van der Waals surface area contributed by atoms with Crippen LogP contribution < -0.4 is 5.73 Å². The molecule has 1 aliphatic carbocycles. The molecule has 1 fully saturated rings. The van der Waals surface area contributed by atoms with Gasteiger partial charge < -0.3 is 5.73 Å². The summed E-state index contributed by atoms with van der Waals surface area (Å²) >= 11 is 0. The van der Waals surface area contributed by atoms with E-state index in [0.717, 1.165) is 11.6 Å². The maximum atomic E-state index is 8.96. The van der Waals surface area contributed by atoms with E-state index in [1.807, 2.05) is 0 Å². The van der Waals surface area contributed by atoms with Gasteiger partial charge in [-0.2, -0.15) is 5.26 Å². The van der Waals surface area contributed by atoms with E-state index in [-0.39, 0.29) is 5.82 Å². The van der Waals surface area contributed by atoms with Gasteiger partial charge in [-0.05, 0) is 49.3 Å². The molecular formula is C15H16N4. The molecule has 1 aliphatic rings. The molecule has 0 spiro atoms. The third-order valence-corrected chi connectivity index (χ3v) is 3.65. The molecular weight excluding hydrogens is 236 g/mol. The molecule has 0 amide bonds. The maximum Gasteiger partial charge on any atom is 0.163 e. The molecule has 3 rings (SSSR count). The van der Waals surface area contributed by atoms with Crippen LogP contribution in [0.15, 0.2) is 18.3 Å². The molecule has 19 heavy (non-hydrogen) atoms. The summed E-state index contributed by atoms with van der Waals surface area (Å²) in [6.07, 6.45) is 4.29. The Labute approximate surface area is 112 Å². The largest absolute Gasteiger partial charge is 0.381 e. The zero-order valence-electron chi connectivity index (χ0n) is 11.1. The second-order valence-electron chi connectivity index (χ2n) is 5.26. The van der Waals surface area contributed by atoms with Gasteiger partial charge in [0.1, 0.15) is 11.6 Å². The van der Waals surface area contributed by atoms with Gasteiger partial charge in [-0.1, -0.05) is 12.1 Å². The molecule has 0 bridgehead atoms. The minimum Gasteiger partial charge on any atom is -0.381 e. The van der Waals surface area contributed by atoms with Crippen molar-refractivity contribution in [1.29, 1.82) is 5.26 Å². The number of rotatable bonds is 2. The normalized spacial score (nSPS) is 14.4. The topological polar surface area (TPSA) is 67.6 Å². The van der Waals surface area contributed by atoms with Gasteiger partial charge in [-0.3, -0.25) is 0 Å². The number of hydrogen-bond donors (Lipinski definition) is 1. The Bertz CT molecular complexity index is 664. The molecule has 1 heterocycles. The molecule has 2 aromatic rings. The van der Waals surface area contributed by atoms with Crippen LogP contribution in [0.2, 0.25) is 0 Å². The second kappa shape index (κ2) is 4.13. The zero-order valence-corrected chi connectivity index (χ0v) is 11.1. The quantitative estimate of drug-likeness (QED) is 0.893. The Morgan fingerprint density at radius 1 is 1.32 bits per heavy atom. The minimum atomic E-state index is 0.285. The van der Waals surface area contributed by atoms with Gasteiger partial charge in [-0.25, -0.2) is 4.68 Å². The highest BCUT2D eigenvalue weighted by atomic mass is 15.3. The number of nitrogen functional groups attached to an aromatic ring is 1. The smallest absolute Gasteiger partial charge is 0.163 e. The van der Waals surface area contributed by atoms with Gasteiger partial charge in [0.05, 0.1) is 11.9 Å². The first-order valence-electron chi connectivity index (χ1n) is 6.47. The van der Waals surface area contributed by atoms with Crippen molar-refractivity contribution in [2.24, 2.45) is 0 Å². The summed E-state index contributed by atoms with van der Waals surface area (Å²) in [5.74, 6) is 1.02. The molecule has 0 saturated heterocycles. The van der Waals surface area contributed by atoms with E-state index >= 15 is 0 Å². The van der Waals surface area contributed by atoms with Gasteiger partial charge >= 0.3 is 0 Å². The summed E-state index contributed by atoms with van der Waals surface area (Å²) < 4.78 is 1.72. The van der Waals surface area contributed by atoms with Crippen molar-refractivity contribution in [3.05, 3.63) is 40.6 Å². The first kappa shape index (κ1) is 11.8. The van der Waals surface area contributed by atoms with Crippen LogP contribution >= 0.6 is 0 Å². The van der Waals surface area contributed by atoms with Gasteiger partial charge in [-0.15, -0.1) is 5.10 Å². The Morgan fingerprint density at radius 2 is 1.95 bits per heavy atom. The maximum absolute atomic E-state index is 8.96. The van der Waals surface area contributed by atoms with Crippen molar-refractivity contribution >= 4 is 5.82 Å². The summed E-state index contributed by atoms with van der Waals surface area (Å²) in [6.45, 7) is 4.16. The fraction of sp³-hybridized carbons (Fsp3) is 0.333. The summed E-state index contributed by atoms with van der Waals surface area (Å²) in [5.41, 5.74) is 10.9. The average molecular weight is 252 g/mol. The van der Waals surface area contributed by atoms with Gasteiger partial charge in [0.25, 0.3) is 0 Å². The van der Waals surface area contributed by atoms with E-state index in [1.165, 1.54) is 29.5 Å². The van der Waals surface area contributed by atoms with Crippen LogP contribution in [-0.4, -0.2) is 9.78 Å². The third kappa shape index (κ3) is 1.97. The first-order chi connectivity index (χ1) is 9.10. The van der Waals surface area contributed by atoms with Crippen molar-refractivity contribution in [3.8, 4) is 11.8 Å². The van der Waals surface area contributed by atoms with Crippen LogP contribution in [0.25, 0.3) is 5.69 Å². The number of anilines is 1. The van der Waals surface area contributed by atoms with E-state index in [4.69, 9.17) is 11.0 Å². The molecule has 0 aliphatic heterocycles. The van der Waals surface area contributed by atoms with E-state index in [0.29, 0.717) is 5.56 Å². The van der Waals surface area contributed by atoms with Crippen LogP contribution in [0.1, 0.15) is 41.0 Å². The standard InChI is InChI=1S/C15H16N4/c1-9-5-12(11-3-4-11)6-10(2)14(9)19-8-13(7-16)15(17)18-19/h5-6,8,11H,3-4H2,1-2H3,(H2,17,18). The highest BCUT2D eigenvalue weighted by Gasteiger charge is 2.24. The van der Waals surface area contributed by atoms with Crippen molar-refractivity contribution in [2.45, 2.75) is 32.6 Å². The molecule has 1 saturated carbocycles. The number of nitrogens with zero attached hydrogens (tertiary/aromatic N) is 3. The number of aromatic nitrogens is 2. The lowest BCUT2D eigenvalue weighted by molar-refractivity contribution is 0.866. The minimum absolute atomic E-state index is 0.285. The fourth-order valence-electron chi connectivity index (χ4n) is 2.59. The Balaban J connectivity index is 2.11. The van der Waals surface area contributed by atoms with E-state index in [1.54, 1.807) is 10.9 Å². The van der Waals surface area contributed by atoms with Crippen LogP contribution in [0, 0.1) is 25.2 Å². The highest BCUT2D eigenvalue weighted by Crippen LogP contribution is 2.41. The first-order valence-corrected chi connectivity index (χ1v) is 6.47. The monoisotopic (exact) mass is 252 g/mol. The molecule has 4 nitrogen and oxygen atoms in total. The SMILES string of the molecule is Cc1cc(C2CC2)cc(C)c1-n1cc(C#N)c(N)n1. The molecule has 0 atom stereocenters. The predicted molar refractivity (Wildman–Crippen MR) is 74.1 cm³/mol. The van der Waals surface area contributed by atoms with Gasteiger partial charge in [0.15, 0.2) is 5.82 Å². The number of hydrogen-bond acceptors (Lipinski definition) is 3. The molecule has 1 aromatic heterocycles. The summed E-state index contributed by atoms with van der Waals surface area (Å²) in [7, 11) is 0. The molecule has 4 heteroatoms. The number of nitrogens with two attached hydrogens (primary N) is 1. The van der Waals surface area contributed by atoms with Crippen molar-refractivity contribution < 1.29 is 0 Å². The van der Waals surface area contributed by atoms with Crippen LogP contribution in [0.5, 0.6) is 0 Å². The van der Waals surface area contributed by atoms with Crippen molar-refractivity contribution in [2.75, 3.05) is 5.73 Å². The van der Waals surface area contributed by atoms with Gasteiger partial charge in [0.2, 0.25) is 0 Å². The molecule has 0 radical (unpaired) electrons. The van der Waals surface area contributed by atoms with Gasteiger partial charge in [0, 0.05) is 0 Å². The Morgan fingerprint density at radius 3 is 2.42 bits per heavy atom. The second-order valence-corrected chi connectivity index (χ2v) is 5.26.